The fraction of sp³-hybridized carbons (Fsp3) is 0.0870. The van der Waals surface area contributed by atoms with Crippen LogP contribution in [-0.4, -0.2) is 19.9 Å². The Morgan fingerprint density at radius 3 is 2.44 bits per heavy atom. The Morgan fingerprint density at radius 1 is 0.673 bits per heavy atom. The van der Waals surface area contributed by atoms with Crippen molar-refractivity contribution in [2.24, 2.45) is 0 Å². The maximum atomic E-state index is 8.19. The quantitative estimate of drug-likeness (QED) is 0.165. The first-order valence-corrected chi connectivity index (χ1v) is 16.0. The van der Waals surface area contributed by atoms with E-state index >= 15 is 0 Å². The van der Waals surface area contributed by atoms with Crippen LogP contribution in [0, 0.1) is 39.6 Å². The Labute approximate surface area is 332 Å². The van der Waals surface area contributed by atoms with E-state index in [0.29, 0.717) is 44.6 Å². The van der Waals surface area contributed by atoms with Crippen LogP contribution in [0.15, 0.2) is 138 Å². The number of nitrogens with zero attached hydrogens (tertiary/aromatic N) is 4. The molecule has 0 saturated heterocycles. The summed E-state index contributed by atoms with van der Waals surface area (Å²) < 4.78 is 90.9. The Morgan fingerprint density at radius 2 is 1.62 bits per heavy atom. The van der Waals surface area contributed by atoms with E-state index < -0.39 is 27.4 Å². The Bertz CT molecular complexity index is 3080. The minimum atomic E-state index is -2.33. The van der Waals surface area contributed by atoms with E-state index in [9.17, 15) is 0 Å². The van der Waals surface area contributed by atoms with Crippen molar-refractivity contribution in [1.82, 2.24) is 19.9 Å². The second kappa shape index (κ2) is 14.8. The summed E-state index contributed by atoms with van der Waals surface area (Å²) in [5.74, 6) is 0. The van der Waals surface area contributed by atoms with Gasteiger partial charge in [-0.05, 0) is 90.1 Å². The van der Waals surface area contributed by atoms with E-state index in [4.69, 9.17) is 19.5 Å². The molecule has 255 valence electrons. The predicted octanol–water partition coefficient (Wildman–Crippen LogP) is 11.5. The van der Waals surface area contributed by atoms with Gasteiger partial charge in [-0.3, -0.25) is 4.98 Å². The van der Waals surface area contributed by atoms with E-state index in [1.807, 2.05) is 66.7 Å². The summed E-state index contributed by atoms with van der Waals surface area (Å²) in [5.41, 5.74) is 7.68. The molecule has 0 unspecified atom stereocenters. The number of aromatic nitrogens is 4. The van der Waals surface area contributed by atoms with Gasteiger partial charge in [-0.25, -0.2) is 4.98 Å². The second-order valence-corrected chi connectivity index (χ2v) is 11.7. The number of fused-ring (bicyclic) bond motifs is 4. The summed E-state index contributed by atoms with van der Waals surface area (Å²) in [4.78, 5) is 17.3. The molecule has 52 heavy (non-hydrogen) atoms. The Kier molecular flexibility index (Phi) is 6.73. The molecule has 0 aliphatic heterocycles. The van der Waals surface area contributed by atoms with Crippen LogP contribution < -0.4 is 0 Å². The van der Waals surface area contributed by atoms with Gasteiger partial charge in [0.05, 0.1) is 11.1 Å². The SMILES string of the molecule is [2H]C([2H])([2H])c1ccc(-c2[c-]cc(C([2H])([2H])[2H])c(-c3ccccc3)c2)nc1.[2H]C([2H])c1c(-c2ccnc(-c3[c-]ccc4c3oc3nc(C([2H])([2H])[2H])ccc34)c2)ccc2ncccc12.[Ir]. The molecule has 0 amide bonds. The fourth-order valence-electron chi connectivity index (χ4n) is 6.02. The van der Waals surface area contributed by atoms with Gasteiger partial charge in [-0.15, -0.1) is 47.5 Å². The van der Waals surface area contributed by atoms with Crippen LogP contribution in [0.2, 0.25) is 0 Å². The van der Waals surface area contributed by atoms with Crippen LogP contribution in [0.1, 0.15) is 37.5 Å². The summed E-state index contributed by atoms with van der Waals surface area (Å²) in [6.07, 6.45) is 4.68. The van der Waals surface area contributed by atoms with E-state index in [0.717, 1.165) is 33.0 Å². The summed E-state index contributed by atoms with van der Waals surface area (Å²) >= 11 is 0. The van der Waals surface area contributed by atoms with Gasteiger partial charge in [0, 0.05) is 70.2 Å². The number of furan rings is 1. The molecule has 5 nitrogen and oxygen atoms in total. The van der Waals surface area contributed by atoms with E-state index in [2.05, 4.69) is 32.1 Å². The zero-order valence-corrected chi connectivity index (χ0v) is 29.7. The number of hydrogen-bond acceptors (Lipinski definition) is 5. The largest absolute Gasteiger partial charge is 0.486 e. The first-order chi connectivity index (χ1) is 29.5. The van der Waals surface area contributed by atoms with Crippen molar-refractivity contribution in [3.8, 4) is 44.8 Å². The normalized spacial score (nSPS) is 14.8. The molecular weight excluding hydrogens is 817 g/mol. The van der Waals surface area contributed by atoms with Gasteiger partial charge in [0.25, 0.3) is 0 Å². The van der Waals surface area contributed by atoms with Crippen molar-refractivity contribution in [1.29, 1.82) is 0 Å². The number of aryl methyl sites for hydroxylation is 4. The monoisotopic (exact) mass is 862 g/mol. The molecule has 4 aromatic carbocycles. The number of hydrogen-bond donors (Lipinski definition) is 0. The standard InChI is InChI=1S/C27H18N3O.C19H16N.Ir/c1-16-8-9-22-21-5-3-6-23(26(21)31-27(22)30-16)25-15-18(12-14-29-25)19-10-11-24-20(17(19)2)7-4-13-28-24;1-14-8-11-19(20-13-14)17-10-9-15(2)18(12-17)16-6-4-3-5-7-16;/h3-5,7-15H,1-2H3;3-9,11-13H,1-2H3;/q2*-1;/i1D3,2D2;1D3,2D3;. The van der Waals surface area contributed by atoms with Gasteiger partial charge in [0.15, 0.2) is 0 Å². The molecule has 9 rings (SSSR count). The molecule has 0 aliphatic rings. The minimum Gasteiger partial charge on any atom is -0.486 e. The molecule has 0 spiro atoms. The molecule has 1 radical (unpaired) electrons. The van der Waals surface area contributed by atoms with Crippen LogP contribution in [0.5, 0.6) is 0 Å². The zero-order valence-electron chi connectivity index (χ0n) is 38.3. The fourth-order valence-corrected chi connectivity index (χ4v) is 6.02. The summed E-state index contributed by atoms with van der Waals surface area (Å²) in [7, 11) is 0. The Balaban J connectivity index is 0.000000196. The van der Waals surface area contributed by atoms with Crippen molar-refractivity contribution in [2.75, 3.05) is 0 Å². The van der Waals surface area contributed by atoms with Gasteiger partial charge < -0.3 is 14.4 Å². The third-order valence-corrected chi connectivity index (χ3v) is 8.53. The van der Waals surface area contributed by atoms with Crippen molar-refractivity contribution in [2.45, 2.75) is 27.4 Å². The molecule has 5 heterocycles. The first kappa shape index (κ1) is 23.6. The number of benzene rings is 4. The van der Waals surface area contributed by atoms with Crippen molar-refractivity contribution < 1.29 is 39.6 Å². The number of rotatable bonds is 4. The summed E-state index contributed by atoms with van der Waals surface area (Å²) in [6, 6.07) is 39.7. The van der Waals surface area contributed by atoms with Gasteiger partial charge in [0.1, 0.15) is 0 Å². The molecule has 5 aromatic heterocycles. The maximum absolute atomic E-state index is 8.19. The molecule has 9 aromatic rings. The van der Waals surface area contributed by atoms with Crippen molar-refractivity contribution >= 4 is 33.0 Å². The average molecular weight is 862 g/mol. The molecule has 0 saturated carbocycles. The second-order valence-electron chi connectivity index (χ2n) is 11.7. The minimum absolute atomic E-state index is 0. The third-order valence-electron chi connectivity index (χ3n) is 8.53. The van der Waals surface area contributed by atoms with Crippen molar-refractivity contribution in [3.05, 3.63) is 168 Å². The third kappa shape index (κ3) is 6.79. The zero-order chi connectivity index (χ0) is 44.0. The summed E-state index contributed by atoms with van der Waals surface area (Å²) in [6.45, 7) is -8.01. The molecule has 0 aliphatic carbocycles. The predicted molar refractivity (Wildman–Crippen MR) is 207 cm³/mol. The molecular formula is C46H34IrN4O-2. The molecule has 0 N–H and O–H groups in total. The number of pyridine rings is 4. The van der Waals surface area contributed by atoms with Crippen LogP contribution in [0.25, 0.3) is 77.7 Å². The van der Waals surface area contributed by atoms with E-state index in [1.54, 1.807) is 42.7 Å². The molecule has 0 fully saturated rings. The molecule has 6 heteroatoms. The van der Waals surface area contributed by atoms with Crippen molar-refractivity contribution in [3.63, 3.8) is 0 Å². The van der Waals surface area contributed by atoms with Crippen LogP contribution >= 0.6 is 0 Å². The Hall–Kier alpha value is -5.81. The van der Waals surface area contributed by atoms with Gasteiger partial charge in [0.2, 0.25) is 5.71 Å². The van der Waals surface area contributed by atoms with Gasteiger partial charge >= 0.3 is 0 Å². The topological polar surface area (TPSA) is 64.7 Å². The van der Waals surface area contributed by atoms with Gasteiger partial charge in [-0.2, -0.15) is 0 Å². The van der Waals surface area contributed by atoms with E-state index in [-0.39, 0.29) is 42.6 Å². The van der Waals surface area contributed by atoms with Crippen LogP contribution in [-0.2, 0) is 20.1 Å². The smallest absolute Gasteiger partial charge is 0.216 e. The maximum Gasteiger partial charge on any atom is 0.216 e. The molecule has 0 bridgehead atoms. The molecule has 0 atom stereocenters. The first-order valence-electron chi connectivity index (χ1n) is 21.6. The van der Waals surface area contributed by atoms with E-state index in [1.165, 1.54) is 24.4 Å². The summed E-state index contributed by atoms with van der Waals surface area (Å²) in [5, 5.41) is 2.26. The average Bonchev–Trinajstić information content (AvgIpc) is 3.64. The van der Waals surface area contributed by atoms with Crippen LogP contribution in [0.3, 0.4) is 0 Å². The van der Waals surface area contributed by atoms with Crippen LogP contribution in [0.4, 0.5) is 0 Å². The van der Waals surface area contributed by atoms with Gasteiger partial charge in [-0.1, -0.05) is 84.0 Å².